The maximum absolute atomic E-state index is 12.7. The van der Waals surface area contributed by atoms with Crippen molar-refractivity contribution in [2.24, 2.45) is 0 Å². The predicted octanol–water partition coefficient (Wildman–Crippen LogP) is 6.48. The van der Waals surface area contributed by atoms with Gasteiger partial charge in [0.15, 0.2) is 0 Å². The van der Waals surface area contributed by atoms with E-state index >= 15 is 0 Å². The SMILES string of the molecule is CCCOC(C)c1ccc(C(=O)Nc2ccc(Oc3ccc(CC)cc3)cc2)c(C)n1. The van der Waals surface area contributed by atoms with Crippen molar-refractivity contribution in [1.82, 2.24) is 4.98 Å². The van der Waals surface area contributed by atoms with Gasteiger partial charge in [0.2, 0.25) is 0 Å². The van der Waals surface area contributed by atoms with Crippen LogP contribution in [-0.2, 0) is 11.2 Å². The fraction of sp³-hybridized carbons (Fsp3) is 0.308. The molecule has 0 spiro atoms. The number of carbonyl (C=O) groups is 1. The predicted molar refractivity (Wildman–Crippen MR) is 124 cm³/mol. The fourth-order valence-electron chi connectivity index (χ4n) is 3.16. The average molecular weight is 419 g/mol. The first-order valence-electron chi connectivity index (χ1n) is 10.8. The number of carbonyl (C=O) groups excluding carboxylic acids is 1. The third-order valence-electron chi connectivity index (χ3n) is 5.02. The highest BCUT2D eigenvalue weighted by atomic mass is 16.5. The second-order valence-corrected chi connectivity index (χ2v) is 7.46. The van der Waals surface area contributed by atoms with E-state index in [9.17, 15) is 4.79 Å². The molecule has 0 aliphatic rings. The number of anilines is 1. The molecule has 0 aliphatic carbocycles. The number of benzene rings is 2. The summed E-state index contributed by atoms with van der Waals surface area (Å²) < 4.78 is 11.6. The lowest BCUT2D eigenvalue weighted by Crippen LogP contribution is -2.15. The monoisotopic (exact) mass is 418 g/mol. The van der Waals surface area contributed by atoms with Gasteiger partial charge in [0.25, 0.3) is 5.91 Å². The molecule has 0 fully saturated rings. The summed E-state index contributed by atoms with van der Waals surface area (Å²) >= 11 is 0. The minimum Gasteiger partial charge on any atom is -0.457 e. The molecule has 3 aromatic rings. The molecule has 0 radical (unpaired) electrons. The van der Waals surface area contributed by atoms with Gasteiger partial charge in [0.05, 0.1) is 23.1 Å². The van der Waals surface area contributed by atoms with Crippen LogP contribution in [0.2, 0.25) is 0 Å². The summed E-state index contributed by atoms with van der Waals surface area (Å²) in [6.45, 7) is 8.69. The Bertz CT molecular complexity index is 998. The minimum atomic E-state index is -0.192. The van der Waals surface area contributed by atoms with Crippen molar-refractivity contribution in [2.75, 3.05) is 11.9 Å². The van der Waals surface area contributed by atoms with Crippen LogP contribution in [0.5, 0.6) is 11.5 Å². The lowest BCUT2D eigenvalue weighted by Gasteiger charge is -2.14. The quantitative estimate of drug-likeness (QED) is 0.432. The van der Waals surface area contributed by atoms with Gasteiger partial charge in [0, 0.05) is 12.3 Å². The molecule has 2 aromatic carbocycles. The molecule has 1 unspecified atom stereocenters. The van der Waals surface area contributed by atoms with Gasteiger partial charge in [-0.05, 0) is 80.8 Å². The van der Waals surface area contributed by atoms with Gasteiger partial charge in [-0.1, -0.05) is 26.0 Å². The molecule has 1 heterocycles. The lowest BCUT2D eigenvalue weighted by atomic mass is 10.1. The van der Waals surface area contributed by atoms with E-state index in [4.69, 9.17) is 9.47 Å². The molecule has 0 aliphatic heterocycles. The second-order valence-electron chi connectivity index (χ2n) is 7.46. The fourth-order valence-corrected chi connectivity index (χ4v) is 3.16. The Balaban J connectivity index is 1.62. The summed E-state index contributed by atoms with van der Waals surface area (Å²) in [5.74, 6) is 1.31. The first-order chi connectivity index (χ1) is 15.0. The van der Waals surface area contributed by atoms with Crippen molar-refractivity contribution in [3.05, 3.63) is 83.2 Å². The van der Waals surface area contributed by atoms with Gasteiger partial charge < -0.3 is 14.8 Å². The highest BCUT2D eigenvalue weighted by molar-refractivity contribution is 6.05. The highest BCUT2D eigenvalue weighted by Crippen LogP contribution is 2.24. The molecule has 3 rings (SSSR count). The van der Waals surface area contributed by atoms with Crippen LogP contribution in [0.3, 0.4) is 0 Å². The molecule has 0 bridgehead atoms. The number of hydrogen-bond acceptors (Lipinski definition) is 4. The second kappa shape index (κ2) is 10.7. The van der Waals surface area contributed by atoms with Crippen LogP contribution in [0.1, 0.15) is 60.6 Å². The number of hydrogen-bond donors (Lipinski definition) is 1. The van der Waals surface area contributed by atoms with E-state index in [1.807, 2.05) is 56.3 Å². The zero-order valence-corrected chi connectivity index (χ0v) is 18.6. The normalized spacial score (nSPS) is 11.7. The van der Waals surface area contributed by atoms with E-state index in [2.05, 4.69) is 36.3 Å². The molecule has 0 saturated heterocycles. The van der Waals surface area contributed by atoms with E-state index in [0.29, 0.717) is 29.3 Å². The summed E-state index contributed by atoms with van der Waals surface area (Å²) in [4.78, 5) is 17.3. The zero-order chi connectivity index (χ0) is 22.2. The third kappa shape index (κ3) is 6.15. The Kier molecular flexibility index (Phi) is 7.79. The molecular weight excluding hydrogens is 388 g/mol. The molecule has 5 heteroatoms. The highest BCUT2D eigenvalue weighted by Gasteiger charge is 2.14. The van der Waals surface area contributed by atoms with Crippen LogP contribution in [0.25, 0.3) is 0 Å². The van der Waals surface area contributed by atoms with Crippen molar-refractivity contribution in [2.45, 2.75) is 46.6 Å². The van der Waals surface area contributed by atoms with Crippen LogP contribution in [0.15, 0.2) is 60.7 Å². The maximum Gasteiger partial charge on any atom is 0.257 e. The van der Waals surface area contributed by atoms with Crippen molar-refractivity contribution < 1.29 is 14.3 Å². The van der Waals surface area contributed by atoms with Gasteiger partial charge >= 0.3 is 0 Å². The van der Waals surface area contributed by atoms with Gasteiger partial charge in [-0.2, -0.15) is 0 Å². The standard InChI is InChI=1S/C26H30N2O3/c1-5-17-30-19(4)25-16-15-24(18(3)27-25)26(29)28-21-9-13-23(14-10-21)31-22-11-7-20(6-2)8-12-22/h7-16,19H,5-6,17H2,1-4H3,(H,28,29). The Morgan fingerprint density at radius 2 is 1.61 bits per heavy atom. The number of rotatable bonds is 9. The average Bonchev–Trinajstić information content (AvgIpc) is 2.79. The van der Waals surface area contributed by atoms with Gasteiger partial charge in [-0.15, -0.1) is 0 Å². The molecular formula is C26H30N2O3. The molecule has 162 valence electrons. The summed E-state index contributed by atoms with van der Waals surface area (Å²) in [6, 6.07) is 19.0. The molecule has 0 saturated carbocycles. The minimum absolute atomic E-state index is 0.0959. The summed E-state index contributed by atoms with van der Waals surface area (Å²) in [6.07, 6.45) is 1.86. The number of aromatic nitrogens is 1. The van der Waals surface area contributed by atoms with Crippen molar-refractivity contribution in [3.8, 4) is 11.5 Å². The van der Waals surface area contributed by atoms with Crippen molar-refractivity contribution in [1.29, 1.82) is 0 Å². The first kappa shape index (κ1) is 22.5. The van der Waals surface area contributed by atoms with Crippen molar-refractivity contribution in [3.63, 3.8) is 0 Å². The number of amides is 1. The Hall–Kier alpha value is -3.18. The van der Waals surface area contributed by atoms with Crippen LogP contribution in [-0.4, -0.2) is 17.5 Å². The number of aryl methyl sites for hydroxylation is 2. The van der Waals surface area contributed by atoms with Crippen LogP contribution in [0.4, 0.5) is 5.69 Å². The molecule has 31 heavy (non-hydrogen) atoms. The van der Waals surface area contributed by atoms with Crippen molar-refractivity contribution >= 4 is 11.6 Å². The van der Waals surface area contributed by atoms with Gasteiger partial charge in [-0.3, -0.25) is 9.78 Å². The molecule has 1 amide bonds. The molecule has 1 atom stereocenters. The Labute approximate surface area is 184 Å². The Morgan fingerprint density at radius 1 is 0.968 bits per heavy atom. The third-order valence-corrected chi connectivity index (χ3v) is 5.02. The maximum atomic E-state index is 12.7. The topological polar surface area (TPSA) is 60.5 Å². The molecule has 5 nitrogen and oxygen atoms in total. The van der Waals surface area contributed by atoms with E-state index in [1.54, 1.807) is 6.07 Å². The zero-order valence-electron chi connectivity index (χ0n) is 18.6. The van der Waals surface area contributed by atoms with Crippen LogP contribution < -0.4 is 10.1 Å². The largest absolute Gasteiger partial charge is 0.457 e. The smallest absolute Gasteiger partial charge is 0.257 e. The number of ether oxygens (including phenoxy) is 2. The number of pyridine rings is 1. The summed E-state index contributed by atoms with van der Waals surface area (Å²) in [5, 5.41) is 2.92. The molecule has 1 aromatic heterocycles. The molecule has 1 N–H and O–H groups in total. The summed E-state index contributed by atoms with van der Waals surface area (Å²) in [7, 11) is 0. The van der Waals surface area contributed by atoms with Gasteiger partial charge in [0.1, 0.15) is 11.5 Å². The first-order valence-corrected chi connectivity index (χ1v) is 10.8. The van der Waals surface area contributed by atoms with E-state index < -0.39 is 0 Å². The van der Waals surface area contributed by atoms with E-state index in [-0.39, 0.29) is 12.0 Å². The summed E-state index contributed by atoms with van der Waals surface area (Å²) in [5.41, 5.74) is 4.02. The lowest BCUT2D eigenvalue weighted by molar-refractivity contribution is 0.0632. The van der Waals surface area contributed by atoms with Gasteiger partial charge in [-0.25, -0.2) is 0 Å². The van der Waals surface area contributed by atoms with Crippen LogP contribution >= 0.6 is 0 Å². The number of nitrogens with zero attached hydrogens (tertiary/aromatic N) is 1. The van der Waals surface area contributed by atoms with Crippen LogP contribution in [0, 0.1) is 6.92 Å². The Morgan fingerprint density at radius 3 is 2.19 bits per heavy atom. The van der Waals surface area contributed by atoms with E-state index in [0.717, 1.165) is 24.3 Å². The number of nitrogens with one attached hydrogen (secondary N) is 1. The van der Waals surface area contributed by atoms with E-state index in [1.165, 1.54) is 5.56 Å².